The van der Waals surface area contributed by atoms with E-state index >= 15 is 0 Å². The van der Waals surface area contributed by atoms with Crippen molar-refractivity contribution in [2.45, 2.75) is 76.9 Å². The Labute approximate surface area is 211 Å². The minimum Gasteiger partial charge on any atom is -0.368 e. The molecular weight excluding hydrogens is 458 g/mol. The van der Waals surface area contributed by atoms with Gasteiger partial charge in [0, 0.05) is 50.4 Å². The largest absolute Gasteiger partial charge is 0.368 e. The van der Waals surface area contributed by atoms with E-state index < -0.39 is 23.9 Å². The number of hydrogen-bond acceptors (Lipinski definition) is 5. The summed E-state index contributed by atoms with van der Waals surface area (Å²) in [6.45, 7) is 5.19. The normalized spacial score (nSPS) is 20.6. The van der Waals surface area contributed by atoms with Crippen LogP contribution in [0.25, 0.3) is 0 Å². The number of amides is 3. The summed E-state index contributed by atoms with van der Waals surface area (Å²) in [5, 5.41) is 2.89. The second-order valence-electron chi connectivity index (χ2n) is 10.2. The molecule has 0 unspecified atom stereocenters. The van der Waals surface area contributed by atoms with Gasteiger partial charge in [-0.05, 0) is 24.8 Å². The van der Waals surface area contributed by atoms with E-state index in [2.05, 4.69) is 35.9 Å². The number of nitrogens with two attached hydrogens (primary N) is 1. The molecule has 3 N–H and O–H groups in total. The van der Waals surface area contributed by atoms with Crippen LogP contribution in [0, 0.1) is 5.92 Å². The zero-order chi connectivity index (χ0) is 25.8. The Balaban J connectivity index is 1.58. The summed E-state index contributed by atoms with van der Waals surface area (Å²) in [6, 6.07) is 8.49. The van der Waals surface area contributed by atoms with Crippen LogP contribution in [0.2, 0.25) is 0 Å². The lowest BCUT2D eigenvalue weighted by atomic mass is 10.0. The number of carbonyl (C=O) groups is 4. The smallest absolute Gasteiger partial charge is 0.246 e. The highest BCUT2D eigenvalue weighted by Crippen LogP contribution is 2.24. The van der Waals surface area contributed by atoms with Gasteiger partial charge in [-0.3, -0.25) is 19.2 Å². The number of primary amides is 1. The molecule has 1 aromatic heterocycles. The van der Waals surface area contributed by atoms with Gasteiger partial charge >= 0.3 is 0 Å². The number of ketones is 1. The molecule has 36 heavy (non-hydrogen) atoms. The number of nitrogens with zero attached hydrogens (tertiary/aromatic N) is 3. The maximum Gasteiger partial charge on any atom is 0.246 e. The van der Waals surface area contributed by atoms with Gasteiger partial charge in [0.25, 0.3) is 0 Å². The number of benzene rings is 1. The van der Waals surface area contributed by atoms with Gasteiger partial charge in [-0.1, -0.05) is 44.2 Å². The average molecular weight is 494 g/mol. The highest BCUT2D eigenvalue weighted by atomic mass is 16.2. The number of likely N-dealkylation sites (tertiary alicyclic amines) is 1. The van der Waals surface area contributed by atoms with E-state index in [4.69, 9.17) is 10.7 Å². The zero-order valence-corrected chi connectivity index (χ0v) is 21.0. The predicted molar refractivity (Wildman–Crippen MR) is 134 cm³/mol. The van der Waals surface area contributed by atoms with Crippen LogP contribution >= 0.6 is 0 Å². The Morgan fingerprint density at radius 2 is 1.92 bits per heavy atom. The number of nitrogens with one attached hydrogen (secondary N) is 1. The van der Waals surface area contributed by atoms with Crippen molar-refractivity contribution >= 4 is 23.5 Å². The monoisotopic (exact) mass is 493 g/mol. The summed E-state index contributed by atoms with van der Waals surface area (Å²) in [4.78, 5) is 56.6. The number of carbonyl (C=O) groups excluding carboxylic acids is 4. The Hall–Kier alpha value is -3.49. The van der Waals surface area contributed by atoms with Crippen molar-refractivity contribution in [1.29, 1.82) is 0 Å². The molecule has 0 radical (unpaired) electrons. The molecule has 1 aliphatic heterocycles. The summed E-state index contributed by atoms with van der Waals surface area (Å²) in [6.07, 6.45) is 4.39. The molecule has 1 saturated carbocycles. The second-order valence-corrected chi connectivity index (χ2v) is 10.2. The lowest BCUT2D eigenvalue weighted by Crippen LogP contribution is -2.54. The Kier molecular flexibility index (Phi) is 7.86. The van der Waals surface area contributed by atoms with Crippen LogP contribution in [0.5, 0.6) is 0 Å². The molecule has 3 atom stereocenters. The summed E-state index contributed by atoms with van der Waals surface area (Å²) >= 11 is 0. The van der Waals surface area contributed by atoms with Crippen molar-refractivity contribution in [2.75, 3.05) is 6.54 Å². The standard InChI is InChI=1S/C27H35N5O4/c1-17(2)25-29-20(16-31(25)15-18-7-4-3-5-8-18)14-22(30-26(35)19-10-11-21(33)13-19)27(36)32-12-6-9-23(32)24(28)34/h3-5,7-8,16-17,19,22-23H,6,9-15H2,1-2H3,(H2,28,34)(H,30,35)/t19-,22+,23+/m1/s1. The highest BCUT2D eigenvalue weighted by Gasteiger charge is 2.38. The van der Waals surface area contributed by atoms with Crippen molar-refractivity contribution in [1.82, 2.24) is 19.8 Å². The van der Waals surface area contributed by atoms with E-state index in [0.29, 0.717) is 44.5 Å². The first-order valence-electron chi connectivity index (χ1n) is 12.7. The molecule has 3 amide bonds. The third-order valence-electron chi connectivity index (χ3n) is 7.08. The van der Waals surface area contributed by atoms with Crippen molar-refractivity contribution in [3.8, 4) is 0 Å². The topological polar surface area (TPSA) is 127 Å². The third kappa shape index (κ3) is 5.83. The first-order chi connectivity index (χ1) is 17.2. The first-order valence-corrected chi connectivity index (χ1v) is 12.7. The van der Waals surface area contributed by atoms with Crippen LogP contribution in [-0.4, -0.2) is 56.6 Å². The van der Waals surface area contributed by atoms with Crippen molar-refractivity contribution in [3.63, 3.8) is 0 Å². The molecular formula is C27H35N5O4. The maximum atomic E-state index is 13.6. The Morgan fingerprint density at radius 1 is 1.17 bits per heavy atom. The Bertz CT molecular complexity index is 1130. The fraction of sp³-hybridized carbons (Fsp3) is 0.519. The van der Waals surface area contributed by atoms with Gasteiger partial charge in [0.05, 0.1) is 5.69 Å². The summed E-state index contributed by atoms with van der Waals surface area (Å²) in [5.41, 5.74) is 7.37. The molecule has 4 rings (SSSR count). The van der Waals surface area contributed by atoms with E-state index in [1.54, 1.807) is 0 Å². The quantitative estimate of drug-likeness (QED) is 0.552. The van der Waals surface area contributed by atoms with Crippen molar-refractivity contribution in [2.24, 2.45) is 11.7 Å². The second kappa shape index (κ2) is 11.1. The number of rotatable bonds is 9. The molecule has 2 aromatic rings. The Morgan fingerprint density at radius 3 is 2.56 bits per heavy atom. The molecule has 1 aliphatic carbocycles. The van der Waals surface area contributed by atoms with E-state index in [0.717, 1.165) is 11.4 Å². The molecule has 2 aliphatic rings. The van der Waals surface area contributed by atoms with E-state index in [-0.39, 0.29) is 36.4 Å². The molecule has 2 heterocycles. The number of Topliss-reactive ketones (excluding diaryl/α,β-unsaturated/α-hetero) is 1. The van der Waals surface area contributed by atoms with Gasteiger partial charge < -0.3 is 20.5 Å². The molecule has 2 fully saturated rings. The van der Waals surface area contributed by atoms with E-state index in [1.165, 1.54) is 4.90 Å². The van der Waals surface area contributed by atoms with Crippen LogP contribution in [0.4, 0.5) is 0 Å². The average Bonchev–Trinajstić information content (AvgIpc) is 3.58. The zero-order valence-electron chi connectivity index (χ0n) is 21.0. The van der Waals surface area contributed by atoms with Gasteiger partial charge in [-0.2, -0.15) is 0 Å². The van der Waals surface area contributed by atoms with Crippen LogP contribution in [0.1, 0.15) is 69.0 Å². The van der Waals surface area contributed by atoms with Crippen LogP contribution in [0.15, 0.2) is 36.5 Å². The lowest BCUT2D eigenvalue weighted by Gasteiger charge is -2.28. The van der Waals surface area contributed by atoms with Gasteiger partial charge in [-0.15, -0.1) is 0 Å². The van der Waals surface area contributed by atoms with Crippen LogP contribution in [0.3, 0.4) is 0 Å². The molecule has 192 valence electrons. The maximum absolute atomic E-state index is 13.6. The van der Waals surface area contributed by atoms with Crippen LogP contribution in [-0.2, 0) is 32.1 Å². The fourth-order valence-electron chi connectivity index (χ4n) is 5.22. The third-order valence-corrected chi connectivity index (χ3v) is 7.08. The number of imidazole rings is 1. The highest BCUT2D eigenvalue weighted by molar-refractivity contribution is 5.94. The van der Waals surface area contributed by atoms with Crippen molar-refractivity contribution in [3.05, 3.63) is 53.6 Å². The molecule has 9 nitrogen and oxygen atoms in total. The molecule has 0 bridgehead atoms. The molecule has 1 saturated heterocycles. The van der Waals surface area contributed by atoms with Crippen molar-refractivity contribution < 1.29 is 19.2 Å². The summed E-state index contributed by atoms with van der Waals surface area (Å²) in [5.74, 6) is -0.494. The fourth-order valence-corrected chi connectivity index (χ4v) is 5.22. The minimum absolute atomic E-state index is 0.0626. The van der Waals surface area contributed by atoms with Gasteiger partial charge in [0.15, 0.2) is 0 Å². The molecule has 1 aromatic carbocycles. The lowest BCUT2D eigenvalue weighted by molar-refractivity contribution is -0.141. The van der Waals surface area contributed by atoms with E-state index in [1.807, 2.05) is 24.4 Å². The number of hydrogen-bond donors (Lipinski definition) is 2. The predicted octanol–water partition coefficient (Wildman–Crippen LogP) is 1.93. The van der Waals surface area contributed by atoms with Gasteiger partial charge in [0.2, 0.25) is 17.7 Å². The van der Waals surface area contributed by atoms with E-state index in [9.17, 15) is 19.2 Å². The van der Waals surface area contributed by atoms with Gasteiger partial charge in [-0.25, -0.2) is 4.98 Å². The molecule has 9 heteroatoms. The summed E-state index contributed by atoms with van der Waals surface area (Å²) < 4.78 is 2.08. The number of aromatic nitrogens is 2. The minimum atomic E-state index is -0.895. The molecule has 0 spiro atoms. The first kappa shape index (κ1) is 25.6. The van der Waals surface area contributed by atoms with Crippen LogP contribution < -0.4 is 11.1 Å². The SMILES string of the molecule is CC(C)c1nc(C[C@H](NC(=O)[C@@H]2CCC(=O)C2)C(=O)N2CCC[C@H]2C(N)=O)cn1Cc1ccccc1. The summed E-state index contributed by atoms with van der Waals surface area (Å²) in [7, 11) is 0. The van der Waals surface area contributed by atoms with Gasteiger partial charge in [0.1, 0.15) is 23.7 Å².